The molecule has 118 valence electrons. The normalized spacial score (nSPS) is 11.6. The number of benzene rings is 1. The highest BCUT2D eigenvalue weighted by molar-refractivity contribution is 7.89. The van der Waals surface area contributed by atoms with E-state index in [4.69, 9.17) is 4.74 Å². The summed E-state index contributed by atoms with van der Waals surface area (Å²) in [5, 5.41) is 2.98. The van der Waals surface area contributed by atoms with Crippen molar-refractivity contribution in [3.63, 3.8) is 0 Å². The number of hydrogen-bond acceptors (Lipinski definition) is 4. The van der Waals surface area contributed by atoms with Crippen LogP contribution in [-0.4, -0.2) is 46.0 Å². The van der Waals surface area contributed by atoms with Crippen molar-refractivity contribution in [2.75, 3.05) is 33.3 Å². The second kappa shape index (κ2) is 8.17. The van der Waals surface area contributed by atoms with E-state index in [-0.39, 0.29) is 4.90 Å². The molecule has 0 atom stereocenters. The van der Waals surface area contributed by atoms with E-state index >= 15 is 0 Å². The Kier molecular flexibility index (Phi) is 6.87. The first-order valence-corrected chi connectivity index (χ1v) is 8.37. The largest absolute Gasteiger partial charge is 0.492 e. The van der Waals surface area contributed by atoms with Gasteiger partial charge in [0.25, 0.3) is 0 Å². The number of nitrogens with one attached hydrogen (secondary N) is 1. The Morgan fingerprint density at radius 1 is 1.33 bits per heavy atom. The van der Waals surface area contributed by atoms with Crippen LogP contribution >= 0.6 is 0 Å². The van der Waals surface area contributed by atoms with E-state index in [0.29, 0.717) is 25.4 Å². The van der Waals surface area contributed by atoms with Gasteiger partial charge in [-0.3, -0.25) is 0 Å². The van der Waals surface area contributed by atoms with Gasteiger partial charge in [0.1, 0.15) is 12.4 Å². The van der Waals surface area contributed by atoms with E-state index in [9.17, 15) is 8.42 Å². The molecule has 1 N–H and O–H groups in total. The summed E-state index contributed by atoms with van der Waals surface area (Å²) >= 11 is 0. The van der Waals surface area contributed by atoms with Crippen molar-refractivity contribution in [2.45, 2.75) is 18.7 Å². The van der Waals surface area contributed by atoms with Crippen LogP contribution in [0.5, 0.6) is 5.75 Å². The average Bonchev–Trinajstić information content (AvgIpc) is 2.45. The van der Waals surface area contributed by atoms with Crippen molar-refractivity contribution in [1.82, 2.24) is 9.62 Å². The molecule has 1 aromatic rings. The minimum absolute atomic E-state index is 0.270. The van der Waals surface area contributed by atoms with Crippen LogP contribution in [0.25, 0.3) is 0 Å². The minimum Gasteiger partial charge on any atom is -0.492 e. The molecule has 0 unspecified atom stereocenters. The van der Waals surface area contributed by atoms with Crippen molar-refractivity contribution in [3.8, 4) is 5.75 Å². The second-order valence-corrected chi connectivity index (χ2v) is 6.75. The Morgan fingerprint density at radius 3 is 2.43 bits per heavy atom. The molecular formula is C15H24N2O3S. The van der Waals surface area contributed by atoms with Crippen LogP contribution in [0.1, 0.15) is 13.8 Å². The van der Waals surface area contributed by atoms with E-state index in [1.807, 2.05) is 20.9 Å². The van der Waals surface area contributed by atoms with Crippen LogP contribution in [0.2, 0.25) is 0 Å². The number of likely N-dealkylation sites (N-methyl/N-ethyl adjacent to an activating group) is 2. The van der Waals surface area contributed by atoms with E-state index in [0.717, 1.165) is 12.1 Å². The molecule has 0 radical (unpaired) electrons. The zero-order valence-electron chi connectivity index (χ0n) is 12.9. The van der Waals surface area contributed by atoms with Gasteiger partial charge in [-0.25, -0.2) is 8.42 Å². The summed E-state index contributed by atoms with van der Waals surface area (Å²) in [5.41, 5.74) is 0.812. The van der Waals surface area contributed by atoms with Gasteiger partial charge < -0.3 is 10.1 Å². The van der Waals surface area contributed by atoms with Gasteiger partial charge in [-0.2, -0.15) is 4.31 Å². The maximum atomic E-state index is 12.5. The molecule has 0 amide bonds. The maximum Gasteiger partial charge on any atom is 0.243 e. The molecule has 1 aromatic carbocycles. The maximum absolute atomic E-state index is 12.5. The predicted molar refractivity (Wildman–Crippen MR) is 85.1 cm³/mol. The lowest BCUT2D eigenvalue weighted by Gasteiger charge is -2.20. The zero-order valence-corrected chi connectivity index (χ0v) is 13.7. The second-order valence-electron chi connectivity index (χ2n) is 4.81. The molecule has 5 nitrogen and oxygen atoms in total. The van der Waals surface area contributed by atoms with Gasteiger partial charge in [0.2, 0.25) is 10.0 Å². The number of hydrogen-bond donors (Lipinski definition) is 1. The highest BCUT2D eigenvalue weighted by atomic mass is 32.2. The van der Waals surface area contributed by atoms with Crippen LogP contribution in [0.3, 0.4) is 0 Å². The number of ether oxygens (including phenoxy) is 1. The lowest BCUT2D eigenvalue weighted by Crippen LogP contribution is -2.32. The summed E-state index contributed by atoms with van der Waals surface area (Å²) in [6.45, 7) is 9.43. The fourth-order valence-electron chi connectivity index (χ4n) is 1.80. The Labute approximate surface area is 127 Å². The summed E-state index contributed by atoms with van der Waals surface area (Å²) in [5.74, 6) is 0.659. The average molecular weight is 312 g/mol. The van der Waals surface area contributed by atoms with Gasteiger partial charge in [0.15, 0.2) is 0 Å². The monoisotopic (exact) mass is 312 g/mol. The van der Waals surface area contributed by atoms with Gasteiger partial charge in [0, 0.05) is 19.6 Å². The molecule has 0 spiro atoms. The summed E-state index contributed by atoms with van der Waals surface area (Å²) < 4.78 is 31.9. The molecule has 0 fully saturated rings. The summed E-state index contributed by atoms with van der Waals surface area (Å²) in [6, 6.07) is 6.50. The molecule has 6 heteroatoms. The summed E-state index contributed by atoms with van der Waals surface area (Å²) in [4.78, 5) is 0.270. The zero-order chi connectivity index (χ0) is 15.9. The van der Waals surface area contributed by atoms with Crippen LogP contribution in [0.15, 0.2) is 41.3 Å². The number of sulfonamides is 1. The molecule has 0 aliphatic carbocycles. The quantitative estimate of drug-likeness (QED) is 0.559. The van der Waals surface area contributed by atoms with Crippen LogP contribution < -0.4 is 10.1 Å². The molecule has 21 heavy (non-hydrogen) atoms. The highest BCUT2D eigenvalue weighted by Gasteiger charge is 2.22. The minimum atomic E-state index is -3.48. The first-order valence-electron chi connectivity index (χ1n) is 6.93. The topological polar surface area (TPSA) is 58.6 Å². The van der Waals surface area contributed by atoms with Crippen LogP contribution in [-0.2, 0) is 10.0 Å². The highest BCUT2D eigenvalue weighted by Crippen LogP contribution is 2.20. The Bertz CT molecular complexity index is 553. The van der Waals surface area contributed by atoms with E-state index in [1.54, 1.807) is 24.3 Å². The van der Waals surface area contributed by atoms with Gasteiger partial charge in [0.05, 0.1) is 4.90 Å². The predicted octanol–water partition coefficient (Wildman–Crippen LogP) is 1.87. The number of nitrogens with zero attached hydrogens (tertiary/aromatic N) is 1. The Balaban J connectivity index is 2.85. The molecule has 0 aliphatic rings. The Hall–Kier alpha value is -1.37. The molecular weight excluding hydrogens is 288 g/mol. The third kappa shape index (κ3) is 5.15. The fourth-order valence-corrected chi connectivity index (χ4v) is 3.30. The third-order valence-electron chi connectivity index (χ3n) is 2.88. The molecule has 0 saturated carbocycles. The first-order chi connectivity index (χ1) is 9.91. The van der Waals surface area contributed by atoms with Crippen LogP contribution in [0.4, 0.5) is 0 Å². The first kappa shape index (κ1) is 17.7. The third-order valence-corrected chi connectivity index (χ3v) is 4.82. The van der Waals surface area contributed by atoms with E-state index in [2.05, 4.69) is 11.9 Å². The van der Waals surface area contributed by atoms with Gasteiger partial charge >= 0.3 is 0 Å². The lowest BCUT2D eigenvalue weighted by atomic mass is 10.3. The lowest BCUT2D eigenvalue weighted by molar-refractivity contribution is 0.318. The van der Waals surface area contributed by atoms with Gasteiger partial charge in [-0.05, 0) is 38.2 Å². The van der Waals surface area contributed by atoms with Crippen LogP contribution in [0, 0.1) is 0 Å². The standard InChI is InChI=1S/C15H24N2O3S/c1-5-17(12-13(2)3)21(18,19)15-8-6-14(7-9-15)20-11-10-16-4/h6-9,16H,2,5,10-12H2,1,3-4H3. The molecule has 0 heterocycles. The number of rotatable bonds is 9. The summed E-state index contributed by atoms with van der Waals surface area (Å²) in [7, 11) is -1.64. The SMILES string of the molecule is C=C(C)CN(CC)S(=O)(=O)c1ccc(OCCNC)cc1. The molecule has 0 bridgehead atoms. The molecule has 0 aliphatic heterocycles. The van der Waals surface area contributed by atoms with E-state index in [1.165, 1.54) is 4.31 Å². The van der Waals surface area contributed by atoms with Crippen molar-refractivity contribution in [1.29, 1.82) is 0 Å². The van der Waals surface area contributed by atoms with E-state index < -0.39 is 10.0 Å². The van der Waals surface area contributed by atoms with Crippen molar-refractivity contribution < 1.29 is 13.2 Å². The van der Waals surface area contributed by atoms with Crippen molar-refractivity contribution in [2.24, 2.45) is 0 Å². The smallest absolute Gasteiger partial charge is 0.243 e. The summed E-state index contributed by atoms with van der Waals surface area (Å²) in [6.07, 6.45) is 0. The molecule has 1 rings (SSSR count). The van der Waals surface area contributed by atoms with Gasteiger partial charge in [-0.1, -0.05) is 19.1 Å². The Morgan fingerprint density at radius 2 is 1.95 bits per heavy atom. The fraction of sp³-hybridized carbons (Fsp3) is 0.467. The van der Waals surface area contributed by atoms with Crippen molar-refractivity contribution >= 4 is 10.0 Å². The molecule has 0 aromatic heterocycles. The van der Waals surface area contributed by atoms with Gasteiger partial charge in [-0.15, -0.1) is 0 Å². The molecule has 0 saturated heterocycles. The van der Waals surface area contributed by atoms with Crippen molar-refractivity contribution in [3.05, 3.63) is 36.4 Å².